The van der Waals surface area contributed by atoms with Crippen LogP contribution in [-0.4, -0.2) is 38.7 Å². The number of nitrogens with one attached hydrogen (secondary N) is 1. The summed E-state index contributed by atoms with van der Waals surface area (Å²) >= 11 is 13.6. The lowest BCUT2D eigenvalue weighted by molar-refractivity contribution is -0.177. The van der Waals surface area contributed by atoms with Gasteiger partial charge in [0.1, 0.15) is 11.4 Å². The highest BCUT2D eigenvalue weighted by Gasteiger charge is 2.52. The second kappa shape index (κ2) is 10.9. The molecule has 196 valence electrons. The van der Waals surface area contributed by atoms with Crippen molar-refractivity contribution in [3.05, 3.63) is 52.0 Å². The van der Waals surface area contributed by atoms with E-state index in [0.717, 1.165) is 54.0 Å². The highest BCUT2D eigenvalue weighted by molar-refractivity contribution is 8.01. The van der Waals surface area contributed by atoms with Crippen LogP contribution in [0.2, 0.25) is 10.0 Å². The molecule has 1 aliphatic carbocycles. The fourth-order valence-electron chi connectivity index (χ4n) is 5.48. The van der Waals surface area contributed by atoms with Gasteiger partial charge < -0.3 is 14.5 Å². The number of hydrogen-bond donors (Lipinski definition) is 1. The van der Waals surface area contributed by atoms with Gasteiger partial charge in [0.05, 0.1) is 22.2 Å². The number of Topliss-reactive ketones (excluding diaryl/α,β-unsaturated/α-hetero) is 1. The topological polar surface area (TPSA) is 81.3 Å². The fourth-order valence-corrected chi connectivity index (χ4v) is 6.80. The number of H-pyrrole nitrogens is 1. The van der Waals surface area contributed by atoms with Crippen molar-refractivity contribution in [2.24, 2.45) is 5.92 Å². The molecular weight excluding hydrogens is 531 g/mol. The molecule has 2 aromatic carbocycles. The van der Waals surface area contributed by atoms with E-state index in [9.17, 15) is 9.59 Å². The van der Waals surface area contributed by atoms with Crippen LogP contribution in [-0.2, 0) is 20.7 Å². The van der Waals surface area contributed by atoms with Gasteiger partial charge in [-0.3, -0.25) is 9.59 Å². The molecular formula is C28H30Cl2N2O4S. The predicted molar refractivity (Wildman–Crippen MR) is 147 cm³/mol. The predicted octanol–water partition coefficient (Wildman–Crippen LogP) is 7.20. The van der Waals surface area contributed by atoms with E-state index in [0.29, 0.717) is 33.8 Å². The molecule has 0 amide bonds. The van der Waals surface area contributed by atoms with Gasteiger partial charge in [-0.05, 0) is 81.3 Å². The number of esters is 1. The van der Waals surface area contributed by atoms with Crippen LogP contribution < -0.4 is 4.74 Å². The van der Waals surface area contributed by atoms with Crippen molar-refractivity contribution in [2.75, 3.05) is 0 Å². The highest BCUT2D eigenvalue weighted by Crippen LogP contribution is 2.46. The molecule has 0 spiro atoms. The molecule has 2 fully saturated rings. The molecule has 5 rings (SSSR count). The first kappa shape index (κ1) is 26.4. The van der Waals surface area contributed by atoms with Gasteiger partial charge in [-0.1, -0.05) is 53.9 Å². The summed E-state index contributed by atoms with van der Waals surface area (Å²) in [7, 11) is 0. The third-order valence-electron chi connectivity index (χ3n) is 7.23. The van der Waals surface area contributed by atoms with E-state index in [2.05, 4.69) is 9.97 Å². The van der Waals surface area contributed by atoms with Crippen molar-refractivity contribution >= 4 is 57.7 Å². The van der Waals surface area contributed by atoms with Crippen molar-refractivity contribution in [1.82, 2.24) is 9.97 Å². The maximum absolute atomic E-state index is 13.4. The van der Waals surface area contributed by atoms with Crippen molar-refractivity contribution in [1.29, 1.82) is 0 Å². The maximum Gasteiger partial charge on any atom is 0.327 e. The van der Waals surface area contributed by atoms with E-state index in [1.807, 2.05) is 32.0 Å². The molecule has 0 radical (unpaired) electrons. The minimum atomic E-state index is -0.938. The summed E-state index contributed by atoms with van der Waals surface area (Å²) in [6.45, 7) is 3.92. The van der Waals surface area contributed by atoms with Gasteiger partial charge in [0.15, 0.2) is 16.2 Å². The smallest absolute Gasteiger partial charge is 0.327 e. The summed E-state index contributed by atoms with van der Waals surface area (Å²) < 4.78 is 12.0. The number of carbonyl (C=O) groups excluding carboxylic acids is 2. The standard InChI is InChI=1S/C28H30Cl2N2O4S/c1-16(2)35-24-10-7-17(13-20(24)30)11-12-28(18-5-3-4-6-18)15-23(33)25(26(34)36-28)37-27-31-21-9-8-19(29)14-22(21)32-27/h7-10,13-14,16,18,25H,3-6,11-12,15H2,1-2H3,(H,31,32). The maximum atomic E-state index is 13.4. The molecule has 9 heteroatoms. The lowest BCUT2D eigenvalue weighted by Gasteiger charge is -2.42. The number of aromatic amines is 1. The Balaban J connectivity index is 1.32. The Hall–Kier alpha value is -2.22. The number of aryl methyl sites for hydroxylation is 1. The van der Waals surface area contributed by atoms with Crippen LogP contribution in [0, 0.1) is 5.92 Å². The van der Waals surface area contributed by atoms with Crippen LogP contribution in [0.15, 0.2) is 41.6 Å². The van der Waals surface area contributed by atoms with Crippen molar-refractivity contribution < 1.29 is 19.1 Å². The van der Waals surface area contributed by atoms with E-state index in [1.165, 1.54) is 0 Å². The van der Waals surface area contributed by atoms with Crippen LogP contribution in [0.3, 0.4) is 0 Å². The molecule has 2 heterocycles. The Morgan fingerprint density at radius 3 is 2.65 bits per heavy atom. The second-order valence-electron chi connectivity index (χ2n) is 10.2. The van der Waals surface area contributed by atoms with Crippen molar-refractivity contribution in [3.63, 3.8) is 0 Å². The zero-order valence-electron chi connectivity index (χ0n) is 20.9. The minimum absolute atomic E-state index is 0.0322. The summed E-state index contributed by atoms with van der Waals surface area (Å²) in [4.78, 5) is 34.4. The lowest BCUT2D eigenvalue weighted by Crippen LogP contribution is -2.53. The van der Waals surface area contributed by atoms with Gasteiger partial charge in [-0.2, -0.15) is 0 Å². The van der Waals surface area contributed by atoms with Crippen LogP contribution in [0.25, 0.3) is 11.0 Å². The number of ketones is 1. The number of fused-ring (bicyclic) bond motifs is 1. The minimum Gasteiger partial charge on any atom is -0.489 e. The SMILES string of the molecule is CC(C)Oc1ccc(CCC2(C3CCCC3)CC(=O)C(Sc3nc4ccc(Cl)cc4[nH]3)C(=O)O2)cc1Cl. The Kier molecular flexibility index (Phi) is 7.75. The van der Waals surface area contributed by atoms with Gasteiger partial charge >= 0.3 is 5.97 Å². The number of thioether (sulfide) groups is 1. The number of imidazole rings is 1. The number of ether oxygens (including phenoxy) is 2. The van der Waals surface area contributed by atoms with E-state index < -0.39 is 16.8 Å². The molecule has 2 atom stereocenters. The Bertz CT molecular complexity index is 1300. The van der Waals surface area contributed by atoms with Crippen LogP contribution >= 0.6 is 35.0 Å². The normalized spacial score (nSPS) is 22.7. The molecule has 2 aliphatic rings. The highest BCUT2D eigenvalue weighted by atomic mass is 35.5. The number of rotatable bonds is 8. The molecule has 1 aromatic heterocycles. The third-order valence-corrected chi connectivity index (χ3v) is 8.87. The average Bonchev–Trinajstić information content (AvgIpc) is 3.51. The number of aromatic nitrogens is 2. The summed E-state index contributed by atoms with van der Waals surface area (Å²) in [5.41, 5.74) is 1.73. The lowest BCUT2D eigenvalue weighted by atomic mass is 9.76. The van der Waals surface area contributed by atoms with Gasteiger partial charge in [0.25, 0.3) is 0 Å². The molecule has 3 aromatic rings. The monoisotopic (exact) mass is 560 g/mol. The van der Waals surface area contributed by atoms with E-state index in [-0.39, 0.29) is 24.2 Å². The van der Waals surface area contributed by atoms with E-state index in [4.69, 9.17) is 32.7 Å². The molecule has 1 saturated heterocycles. The Morgan fingerprint density at radius 2 is 1.95 bits per heavy atom. The summed E-state index contributed by atoms with van der Waals surface area (Å²) in [6.07, 6.45) is 5.59. The summed E-state index contributed by atoms with van der Waals surface area (Å²) in [5.74, 6) is 0.243. The molecule has 1 saturated carbocycles. The molecule has 1 N–H and O–H groups in total. The average molecular weight is 562 g/mol. The molecule has 2 unspecified atom stereocenters. The van der Waals surface area contributed by atoms with Gasteiger partial charge in [-0.25, -0.2) is 4.98 Å². The van der Waals surface area contributed by atoms with Gasteiger partial charge in [0.2, 0.25) is 0 Å². The van der Waals surface area contributed by atoms with Crippen LogP contribution in [0.5, 0.6) is 5.75 Å². The Morgan fingerprint density at radius 1 is 1.16 bits per heavy atom. The number of benzene rings is 2. The first-order valence-electron chi connectivity index (χ1n) is 12.7. The zero-order chi connectivity index (χ0) is 26.2. The van der Waals surface area contributed by atoms with Crippen molar-refractivity contribution in [3.8, 4) is 5.75 Å². The number of carbonyl (C=O) groups is 2. The largest absolute Gasteiger partial charge is 0.489 e. The quantitative estimate of drug-likeness (QED) is 0.232. The van der Waals surface area contributed by atoms with E-state index in [1.54, 1.807) is 18.2 Å². The van der Waals surface area contributed by atoms with Crippen LogP contribution in [0.1, 0.15) is 57.9 Å². The molecule has 37 heavy (non-hydrogen) atoms. The van der Waals surface area contributed by atoms with E-state index >= 15 is 0 Å². The third kappa shape index (κ3) is 5.79. The van der Waals surface area contributed by atoms with Gasteiger partial charge in [-0.15, -0.1) is 0 Å². The number of halogens is 2. The fraction of sp³-hybridized carbons (Fsp3) is 0.464. The van der Waals surface area contributed by atoms with Gasteiger partial charge in [0, 0.05) is 11.4 Å². The number of cyclic esters (lactones) is 1. The molecule has 1 aliphatic heterocycles. The first-order valence-corrected chi connectivity index (χ1v) is 14.4. The first-order chi connectivity index (χ1) is 17.7. The number of nitrogens with zero attached hydrogens (tertiary/aromatic N) is 1. The second-order valence-corrected chi connectivity index (χ2v) is 12.2. The summed E-state index contributed by atoms with van der Waals surface area (Å²) in [5, 5.41) is 0.707. The van der Waals surface area contributed by atoms with Crippen molar-refractivity contribution in [2.45, 2.75) is 80.9 Å². The zero-order valence-corrected chi connectivity index (χ0v) is 23.2. The summed E-state index contributed by atoms with van der Waals surface area (Å²) in [6, 6.07) is 11.1. The molecule has 0 bridgehead atoms. The molecule has 6 nitrogen and oxygen atoms in total. The Labute approximate surface area is 230 Å². The van der Waals surface area contributed by atoms with Crippen LogP contribution in [0.4, 0.5) is 0 Å². The number of hydrogen-bond acceptors (Lipinski definition) is 6.